The molecule has 9 heteroatoms. The van der Waals surface area contributed by atoms with Gasteiger partial charge >= 0.3 is 0 Å². The number of hydrogen-bond acceptors (Lipinski definition) is 5. The molecule has 2 aromatic rings. The normalized spacial score (nSPS) is 15.2. The Labute approximate surface area is 176 Å². The fraction of sp³-hybridized carbons (Fsp3) is 0.350. The van der Waals surface area contributed by atoms with Gasteiger partial charge in [-0.2, -0.15) is 4.31 Å². The van der Waals surface area contributed by atoms with Crippen molar-refractivity contribution >= 4 is 33.2 Å². The highest BCUT2D eigenvalue weighted by molar-refractivity contribution is 7.89. The number of nitrogens with zero attached hydrogens (tertiary/aromatic N) is 2. The van der Waals surface area contributed by atoms with Gasteiger partial charge in [-0.3, -0.25) is 4.79 Å². The summed E-state index contributed by atoms with van der Waals surface area (Å²) in [6.45, 7) is 2.00. The van der Waals surface area contributed by atoms with E-state index in [4.69, 9.17) is 16.3 Å². The molecule has 0 saturated carbocycles. The maximum atomic E-state index is 12.6. The summed E-state index contributed by atoms with van der Waals surface area (Å²) in [4.78, 5) is 14.2. The minimum atomic E-state index is -3.45. The van der Waals surface area contributed by atoms with Crippen LogP contribution in [0.3, 0.4) is 0 Å². The number of halogens is 1. The van der Waals surface area contributed by atoms with Gasteiger partial charge in [-0.15, -0.1) is 0 Å². The van der Waals surface area contributed by atoms with Crippen LogP contribution in [-0.4, -0.2) is 64.2 Å². The van der Waals surface area contributed by atoms with Crippen LogP contribution in [-0.2, 0) is 10.0 Å². The van der Waals surface area contributed by atoms with E-state index in [0.717, 1.165) is 11.4 Å². The SMILES string of the molecule is COc1ccccc1N1CCN(S(=O)(=O)CCNC(=O)c2ccc(Cl)cc2)CC1. The first-order valence-electron chi connectivity index (χ1n) is 9.30. The zero-order chi connectivity index (χ0) is 20.9. The van der Waals surface area contributed by atoms with Gasteiger partial charge in [0.2, 0.25) is 10.0 Å². The Morgan fingerprint density at radius 2 is 1.72 bits per heavy atom. The first kappa shape index (κ1) is 21.4. The number of amides is 1. The lowest BCUT2D eigenvalue weighted by Gasteiger charge is -2.36. The Morgan fingerprint density at radius 3 is 2.38 bits per heavy atom. The first-order chi connectivity index (χ1) is 13.9. The van der Waals surface area contributed by atoms with Gasteiger partial charge in [0.05, 0.1) is 18.6 Å². The van der Waals surface area contributed by atoms with Crippen molar-refractivity contribution in [2.24, 2.45) is 0 Å². The largest absolute Gasteiger partial charge is 0.495 e. The molecule has 0 radical (unpaired) electrons. The van der Waals surface area contributed by atoms with Gasteiger partial charge in [-0.25, -0.2) is 8.42 Å². The van der Waals surface area contributed by atoms with E-state index in [2.05, 4.69) is 10.2 Å². The number of methoxy groups -OCH3 is 1. The quantitative estimate of drug-likeness (QED) is 0.718. The molecule has 0 bridgehead atoms. The second-order valence-electron chi connectivity index (χ2n) is 6.64. The second-order valence-corrected chi connectivity index (χ2v) is 9.16. The highest BCUT2D eigenvalue weighted by Crippen LogP contribution is 2.28. The van der Waals surface area contributed by atoms with Crippen LogP contribution < -0.4 is 15.0 Å². The van der Waals surface area contributed by atoms with Crippen molar-refractivity contribution < 1.29 is 17.9 Å². The number of rotatable bonds is 7. The maximum absolute atomic E-state index is 12.6. The molecule has 0 spiro atoms. The highest BCUT2D eigenvalue weighted by Gasteiger charge is 2.27. The molecule has 156 valence electrons. The van der Waals surface area contributed by atoms with E-state index in [-0.39, 0.29) is 18.2 Å². The van der Waals surface area contributed by atoms with E-state index >= 15 is 0 Å². The predicted octanol–water partition coefficient (Wildman–Crippen LogP) is 2.23. The molecule has 1 heterocycles. The molecule has 1 amide bonds. The molecular weight excluding hydrogens is 414 g/mol. The molecule has 1 fully saturated rings. The van der Waals surface area contributed by atoms with Crippen molar-refractivity contribution in [1.82, 2.24) is 9.62 Å². The molecule has 3 rings (SSSR count). The van der Waals surface area contributed by atoms with Gasteiger partial charge in [0.25, 0.3) is 5.91 Å². The number of carbonyl (C=O) groups excluding carboxylic acids is 1. The van der Waals surface area contributed by atoms with Crippen molar-refractivity contribution in [2.45, 2.75) is 0 Å². The molecule has 1 aliphatic heterocycles. The summed E-state index contributed by atoms with van der Waals surface area (Å²) < 4.78 is 32.1. The summed E-state index contributed by atoms with van der Waals surface area (Å²) >= 11 is 5.81. The van der Waals surface area contributed by atoms with Gasteiger partial charge in [0.1, 0.15) is 5.75 Å². The van der Waals surface area contributed by atoms with Crippen molar-refractivity contribution in [3.8, 4) is 5.75 Å². The van der Waals surface area contributed by atoms with Gasteiger partial charge in [0.15, 0.2) is 0 Å². The molecule has 2 aromatic carbocycles. The van der Waals surface area contributed by atoms with Crippen LogP contribution in [0, 0.1) is 0 Å². The molecule has 1 aliphatic rings. The molecule has 7 nitrogen and oxygen atoms in total. The number of nitrogens with one attached hydrogen (secondary N) is 1. The van der Waals surface area contributed by atoms with Crippen LogP contribution in [0.5, 0.6) is 5.75 Å². The fourth-order valence-corrected chi connectivity index (χ4v) is 4.69. The number of anilines is 1. The van der Waals surface area contributed by atoms with Crippen LogP contribution in [0.25, 0.3) is 0 Å². The number of hydrogen-bond donors (Lipinski definition) is 1. The summed E-state index contributed by atoms with van der Waals surface area (Å²) in [5, 5.41) is 3.19. The molecule has 0 aliphatic carbocycles. The monoisotopic (exact) mass is 437 g/mol. The third-order valence-corrected chi connectivity index (χ3v) is 6.93. The van der Waals surface area contributed by atoms with E-state index in [1.807, 2.05) is 24.3 Å². The number of benzene rings is 2. The minimum Gasteiger partial charge on any atom is -0.495 e. The number of para-hydroxylation sites is 2. The van der Waals surface area contributed by atoms with Crippen LogP contribution in [0.4, 0.5) is 5.69 Å². The zero-order valence-electron chi connectivity index (χ0n) is 16.2. The molecule has 1 N–H and O–H groups in total. The van der Waals surface area contributed by atoms with Crippen molar-refractivity contribution in [3.05, 3.63) is 59.1 Å². The number of ether oxygens (including phenoxy) is 1. The lowest BCUT2D eigenvalue weighted by molar-refractivity contribution is 0.0956. The van der Waals surface area contributed by atoms with Crippen LogP contribution in [0.2, 0.25) is 5.02 Å². The Balaban J connectivity index is 1.50. The molecule has 0 unspecified atom stereocenters. The molecular formula is C20H24ClN3O4S. The minimum absolute atomic E-state index is 0.0521. The molecule has 29 heavy (non-hydrogen) atoms. The number of piperazine rings is 1. The summed E-state index contributed by atoms with van der Waals surface area (Å²) in [6.07, 6.45) is 0. The molecule has 0 aromatic heterocycles. The smallest absolute Gasteiger partial charge is 0.251 e. The third-order valence-electron chi connectivity index (χ3n) is 4.81. The van der Waals surface area contributed by atoms with E-state index in [0.29, 0.717) is 36.8 Å². The summed E-state index contributed by atoms with van der Waals surface area (Å²) in [5.41, 5.74) is 1.40. The second kappa shape index (κ2) is 9.47. The standard InChI is InChI=1S/C20H24ClN3O4S/c1-28-19-5-3-2-4-18(19)23-11-13-24(14-12-23)29(26,27)15-10-22-20(25)16-6-8-17(21)9-7-16/h2-9H,10-15H2,1H3,(H,22,25). The number of carbonyl (C=O) groups is 1. The summed E-state index contributed by atoms with van der Waals surface area (Å²) in [5.74, 6) is 0.313. The van der Waals surface area contributed by atoms with Gasteiger partial charge in [-0.1, -0.05) is 23.7 Å². The van der Waals surface area contributed by atoms with E-state index in [9.17, 15) is 13.2 Å². The average molecular weight is 438 g/mol. The first-order valence-corrected chi connectivity index (χ1v) is 11.3. The topological polar surface area (TPSA) is 79.0 Å². The van der Waals surface area contributed by atoms with Crippen LogP contribution >= 0.6 is 11.6 Å². The van der Waals surface area contributed by atoms with E-state index < -0.39 is 10.0 Å². The third kappa shape index (κ3) is 5.41. The Hall–Kier alpha value is -2.29. The lowest BCUT2D eigenvalue weighted by Crippen LogP contribution is -2.50. The van der Waals surface area contributed by atoms with Crippen molar-refractivity contribution in [2.75, 3.05) is 50.5 Å². The lowest BCUT2D eigenvalue weighted by atomic mass is 10.2. The van der Waals surface area contributed by atoms with Crippen LogP contribution in [0.1, 0.15) is 10.4 Å². The van der Waals surface area contributed by atoms with Crippen molar-refractivity contribution in [3.63, 3.8) is 0 Å². The Kier molecular flexibility index (Phi) is 7.00. The maximum Gasteiger partial charge on any atom is 0.251 e. The molecule has 0 atom stereocenters. The highest BCUT2D eigenvalue weighted by atomic mass is 35.5. The Morgan fingerprint density at radius 1 is 1.07 bits per heavy atom. The van der Waals surface area contributed by atoms with Gasteiger partial charge in [-0.05, 0) is 36.4 Å². The van der Waals surface area contributed by atoms with Crippen LogP contribution in [0.15, 0.2) is 48.5 Å². The van der Waals surface area contributed by atoms with Gasteiger partial charge in [0, 0.05) is 43.3 Å². The predicted molar refractivity (Wildman–Crippen MR) is 114 cm³/mol. The van der Waals surface area contributed by atoms with E-state index in [1.165, 1.54) is 4.31 Å². The summed E-state index contributed by atoms with van der Waals surface area (Å²) in [6, 6.07) is 14.1. The zero-order valence-corrected chi connectivity index (χ0v) is 17.7. The van der Waals surface area contributed by atoms with E-state index in [1.54, 1.807) is 31.4 Å². The summed E-state index contributed by atoms with van der Waals surface area (Å²) in [7, 11) is -1.83. The Bertz CT molecular complexity index is 942. The van der Waals surface area contributed by atoms with Gasteiger partial charge < -0.3 is 15.0 Å². The number of sulfonamides is 1. The van der Waals surface area contributed by atoms with Crippen molar-refractivity contribution in [1.29, 1.82) is 0 Å². The molecule has 1 saturated heterocycles. The fourth-order valence-electron chi connectivity index (χ4n) is 3.22. The average Bonchev–Trinajstić information content (AvgIpc) is 2.74.